The van der Waals surface area contributed by atoms with Crippen molar-refractivity contribution in [3.8, 4) is 0 Å². The maximum absolute atomic E-state index is 12.9. The van der Waals surface area contributed by atoms with Gasteiger partial charge in [-0.15, -0.1) is 5.10 Å². The lowest BCUT2D eigenvalue weighted by Gasteiger charge is -2.15. The fourth-order valence-electron chi connectivity index (χ4n) is 1.78. The summed E-state index contributed by atoms with van der Waals surface area (Å²) in [5, 5.41) is 7.32. The molecule has 1 heterocycles. The van der Waals surface area contributed by atoms with Gasteiger partial charge in [-0.05, 0) is 42.7 Å². The van der Waals surface area contributed by atoms with Gasteiger partial charge in [0.15, 0.2) is 0 Å². The summed E-state index contributed by atoms with van der Waals surface area (Å²) in [6.07, 6.45) is 0.852. The molecule has 2 aromatic rings. The Morgan fingerprint density at radius 2 is 2.06 bits per heavy atom. The van der Waals surface area contributed by atoms with Crippen molar-refractivity contribution < 1.29 is 4.39 Å². The lowest BCUT2D eigenvalue weighted by Crippen LogP contribution is -2.17. The van der Waals surface area contributed by atoms with Crippen LogP contribution in [0.25, 0.3) is 0 Å². The predicted octanol–water partition coefficient (Wildman–Crippen LogP) is 2.55. The topological polar surface area (TPSA) is 37.8 Å². The molecule has 1 aromatic heterocycles. The molecule has 1 N–H and O–H groups in total. The van der Waals surface area contributed by atoms with E-state index in [1.807, 2.05) is 7.05 Å². The molecule has 5 heteroatoms. The van der Waals surface area contributed by atoms with Crippen molar-refractivity contribution in [3.05, 3.63) is 46.2 Å². The number of hydrogen-bond acceptors (Lipinski definition) is 4. The number of aromatic nitrogens is 2. The lowest BCUT2D eigenvalue weighted by atomic mass is 10.0. The fourth-order valence-corrected chi connectivity index (χ4v) is 2.66. The van der Waals surface area contributed by atoms with Crippen molar-refractivity contribution in [2.75, 3.05) is 7.05 Å². The molecule has 17 heavy (non-hydrogen) atoms. The quantitative estimate of drug-likeness (QED) is 0.907. The van der Waals surface area contributed by atoms with Crippen LogP contribution in [0.2, 0.25) is 0 Å². The number of nitrogens with zero attached hydrogens (tertiary/aromatic N) is 2. The smallest absolute Gasteiger partial charge is 0.123 e. The Kier molecular flexibility index (Phi) is 3.81. The fraction of sp³-hybridized carbons (Fsp3) is 0.333. The largest absolute Gasteiger partial charge is 0.309 e. The molecule has 0 aliphatic rings. The second-order valence-electron chi connectivity index (χ2n) is 3.71. The Morgan fingerprint density at radius 3 is 2.65 bits per heavy atom. The molecule has 1 atom stereocenters. The van der Waals surface area contributed by atoms with Crippen LogP contribution in [-0.2, 0) is 6.42 Å². The highest BCUT2D eigenvalue weighted by Gasteiger charge is 2.18. The van der Waals surface area contributed by atoms with Crippen LogP contribution in [-0.4, -0.2) is 16.6 Å². The molecule has 1 unspecified atom stereocenters. The third-order valence-electron chi connectivity index (χ3n) is 2.67. The van der Waals surface area contributed by atoms with E-state index in [-0.39, 0.29) is 11.9 Å². The molecule has 90 valence electrons. The Bertz CT molecular complexity index is 481. The predicted molar refractivity (Wildman–Crippen MR) is 66.6 cm³/mol. The molecular formula is C12H14FN3S. The zero-order valence-corrected chi connectivity index (χ0v) is 10.6. The molecule has 0 amide bonds. The third-order valence-corrected chi connectivity index (χ3v) is 3.51. The van der Waals surface area contributed by atoms with Gasteiger partial charge in [0, 0.05) is 0 Å². The van der Waals surface area contributed by atoms with Gasteiger partial charge in [-0.1, -0.05) is 23.5 Å². The monoisotopic (exact) mass is 251 g/mol. The van der Waals surface area contributed by atoms with E-state index in [0.29, 0.717) is 0 Å². The molecule has 0 saturated carbocycles. The standard InChI is InChI=1S/C12H14FN3S/c1-3-10-12(17-16-15-10)11(14-2)8-4-6-9(13)7-5-8/h4-7,11,14H,3H2,1-2H3. The minimum atomic E-state index is -0.221. The van der Waals surface area contributed by atoms with Crippen molar-refractivity contribution in [1.82, 2.24) is 14.9 Å². The molecular weight excluding hydrogens is 237 g/mol. The van der Waals surface area contributed by atoms with Gasteiger partial charge >= 0.3 is 0 Å². The molecule has 0 bridgehead atoms. The van der Waals surface area contributed by atoms with Crippen LogP contribution in [0.4, 0.5) is 4.39 Å². The summed E-state index contributed by atoms with van der Waals surface area (Å²) in [7, 11) is 1.88. The summed E-state index contributed by atoms with van der Waals surface area (Å²) >= 11 is 1.39. The Hall–Kier alpha value is -1.33. The summed E-state index contributed by atoms with van der Waals surface area (Å²) in [5.74, 6) is -0.221. The van der Waals surface area contributed by atoms with Crippen molar-refractivity contribution >= 4 is 11.5 Å². The summed E-state index contributed by atoms with van der Waals surface area (Å²) < 4.78 is 16.9. The van der Waals surface area contributed by atoms with Gasteiger partial charge in [0.25, 0.3) is 0 Å². The van der Waals surface area contributed by atoms with Crippen molar-refractivity contribution in [1.29, 1.82) is 0 Å². The molecule has 1 aromatic carbocycles. The van der Waals surface area contributed by atoms with E-state index in [0.717, 1.165) is 22.6 Å². The Balaban J connectivity index is 2.36. The summed E-state index contributed by atoms with van der Waals surface area (Å²) in [6, 6.07) is 6.55. The van der Waals surface area contributed by atoms with Crippen molar-refractivity contribution in [2.45, 2.75) is 19.4 Å². The van der Waals surface area contributed by atoms with Crippen LogP contribution >= 0.6 is 11.5 Å². The van der Waals surface area contributed by atoms with Gasteiger partial charge in [0.1, 0.15) is 5.82 Å². The van der Waals surface area contributed by atoms with Crippen LogP contribution in [0.1, 0.15) is 29.1 Å². The molecule has 0 spiro atoms. The summed E-state index contributed by atoms with van der Waals surface area (Å²) in [6.45, 7) is 2.05. The van der Waals surface area contributed by atoms with Crippen LogP contribution < -0.4 is 5.32 Å². The molecule has 3 nitrogen and oxygen atoms in total. The first-order valence-electron chi connectivity index (χ1n) is 5.50. The van der Waals surface area contributed by atoms with E-state index in [1.165, 1.54) is 23.7 Å². The molecule has 2 rings (SSSR count). The first-order valence-corrected chi connectivity index (χ1v) is 6.27. The SMILES string of the molecule is CCc1nnsc1C(NC)c1ccc(F)cc1. The van der Waals surface area contributed by atoms with E-state index in [2.05, 4.69) is 21.8 Å². The maximum Gasteiger partial charge on any atom is 0.123 e. The third kappa shape index (κ3) is 2.50. The number of rotatable bonds is 4. The van der Waals surface area contributed by atoms with Gasteiger partial charge in [-0.3, -0.25) is 0 Å². The highest BCUT2D eigenvalue weighted by Crippen LogP contribution is 2.27. The van der Waals surface area contributed by atoms with E-state index in [9.17, 15) is 4.39 Å². The Labute approximate surface area is 104 Å². The van der Waals surface area contributed by atoms with E-state index in [4.69, 9.17) is 0 Å². The van der Waals surface area contributed by atoms with Crippen molar-refractivity contribution in [2.24, 2.45) is 0 Å². The van der Waals surface area contributed by atoms with E-state index < -0.39 is 0 Å². The molecule has 0 fully saturated rings. The second-order valence-corrected chi connectivity index (χ2v) is 4.50. The minimum Gasteiger partial charge on any atom is -0.309 e. The van der Waals surface area contributed by atoms with Crippen LogP contribution in [0.3, 0.4) is 0 Å². The van der Waals surface area contributed by atoms with Gasteiger partial charge in [-0.2, -0.15) is 0 Å². The zero-order valence-electron chi connectivity index (χ0n) is 9.77. The second kappa shape index (κ2) is 5.33. The summed E-state index contributed by atoms with van der Waals surface area (Å²) in [5.41, 5.74) is 2.02. The summed E-state index contributed by atoms with van der Waals surface area (Å²) in [4.78, 5) is 1.10. The first-order chi connectivity index (χ1) is 8.26. The van der Waals surface area contributed by atoms with E-state index >= 15 is 0 Å². The number of aryl methyl sites for hydroxylation is 1. The Morgan fingerprint density at radius 1 is 1.35 bits per heavy atom. The van der Waals surface area contributed by atoms with Crippen LogP contribution in [0, 0.1) is 5.82 Å². The van der Waals surface area contributed by atoms with Crippen molar-refractivity contribution in [3.63, 3.8) is 0 Å². The number of hydrogen-bond donors (Lipinski definition) is 1. The normalized spacial score (nSPS) is 12.6. The van der Waals surface area contributed by atoms with Crippen LogP contribution in [0.5, 0.6) is 0 Å². The number of nitrogens with one attached hydrogen (secondary N) is 1. The highest BCUT2D eigenvalue weighted by molar-refractivity contribution is 7.05. The lowest BCUT2D eigenvalue weighted by molar-refractivity contribution is 0.623. The zero-order chi connectivity index (χ0) is 12.3. The molecule has 0 aliphatic heterocycles. The number of benzene rings is 1. The van der Waals surface area contributed by atoms with Gasteiger partial charge < -0.3 is 5.32 Å². The van der Waals surface area contributed by atoms with E-state index in [1.54, 1.807) is 12.1 Å². The average molecular weight is 251 g/mol. The molecule has 0 radical (unpaired) electrons. The minimum absolute atomic E-state index is 0.0329. The molecule has 0 saturated heterocycles. The maximum atomic E-state index is 12.9. The average Bonchev–Trinajstić information content (AvgIpc) is 2.81. The van der Waals surface area contributed by atoms with Crippen LogP contribution in [0.15, 0.2) is 24.3 Å². The molecule has 0 aliphatic carbocycles. The highest BCUT2D eigenvalue weighted by atomic mass is 32.1. The number of halogens is 1. The van der Waals surface area contributed by atoms with Gasteiger partial charge in [0.05, 0.1) is 16.6 Å². The first kappa shape index (κ1) is 12.1. The van der Waals surface area contributed by atoms with Gasteiger partial charge in [0.2, 0.25) is 0 Å². The van der Waals surface area contributed by atoms with Gasteiger partial charge in [-0.25, -0.2) is 4.39 Å².